The molecule has 0 aromatic rings. The normalized spacial score (nSPS) is 11.7. The minimum absolute atomic E-state index is 0.810. The fraction of sp³-hybridized carbons (Fsp3) is 0.750. The molecule has 0 atom stereocenters. The van der Waals surface area contributed by atoms with Crippen LogP contribution in [0.4, 0.5) is 0 Å². The number of unbranched alkanes of at least 4 members (excludes halogenated alkanes) is 4. The van der Waals surface area contributed by atoms with Gasteiger partial charge in [-0.15, -0.1) is 0 Å². The minimum atomic E-state index is -0.810. The van der Waals surface area contributed by atoms with E-state index in [1.165, 1.54) is 31.8 Å². The maximum Gasteiger partial charge on any atom is 0.328 e. The first-order valence-corrected chi connectivity index (χ1v) is 5.63. The van der Waals surface area contributed by atoms with Gasteiger partial charge in [0.15, 0.2) is 0 Å². The Morgan fingerprint density at radius 3 is 2.29 bits per heavy atom. The van der Waals surface area contributed by atoms with E-state index in [1.54, 1.807) is 0 Å². The first-order valence-electron chi connectivity index (χ1n) is 5.63. The molecule has 0 bridgehead atoms. The fourth-order valence-corrected chi connectivity index (χ4v) is 1.48. The molecule has 2 nitrogen and oxygen atoms in total. The van der Waals surface area contributed by atoms with Gasteiger partial charge in [0.2, 0.25) is 0 Å². The lowest BCUT2D eigenvalue weighted by atomic mass is 10.0. The zero-order valence-electron chi connectivity index (χ0n) is 9.38. The molecule has 0 aromatic heterocycles. The van der Waals surface area contributed by atoms with Crippen LogP contribution in [0.25, 0.3) is 0 Å². The van der Waals surface area contributed by atoms with E-state index in [4.69, 9.17) is 5.11 Å². The molecule has 0 rings (SSSR count). The van der Waals surface area contributed by atoms with Crippen molar-refractivity contribution in [2.45, 2.75) is 58.8 Å². The topological polar surface area (TPSA) is 37.3 Å². The van der Waals surface area contributed by atoms with Crippen LogP contribution >= 0.6 is 0 Å². The fourth-order valence-electron chi connectivity index (χ4n) is 1.48. The van der Waals surface area contributed by atoms with Crippen LogP contribution in [0.3, 0.4) is 0 Å². The highest BCUT2D eigenvalue weighted by atomic mass is 16.4. The standard InChI is InChI=1S/C12H22O2/c1-3-5-6-7-8-9-11(4-2)10-12(13)14/h10H,3-9H2,1-2H3,(H,13,14). The Morgan fingerprint density at radius 2 is 1.79 bits per heavy atom. The van der Waals surface area contributed by atoms with Gasteiger partial charge in [-0.1, -0.05) is 45.1 Å². The van der Waals surface area contributed by atoms with Gasteiger partial charge in [-0.3, -0.25) is 0 Å². The van der Waals surface area contributed by atoms with E-state index in [0.717, 1.165) is 24.8 Å². The summed E-state index contributed by atoms with van der Waals surface area (Å²) in [5, 5.41) is 8.58. The SMILES string of the molecule is CCCCCCCC(=CC(=O)O)CC. The van der Waals surface area contributed by atoms with Crippen LogP contribution in [-0.2, 0) is 4.79 Å². The smallest absolute Gasteiger partial charge is 0.328 e. The first kappa shape index (κ1) is 13.2. The van der Waals surface area contributed by atoms with E-state index in [0.29, 0.717) is 0 Å². The second-order valence-electron chi connectivity index (χ2n) is 3.66. The van der Waals surface area contributed by atoms with Crippen LogP contribution in [0.2, 0.25) is 0 Å². The first-order chi connectivity index (χ1) is 6.70. The van der Waals surface area contributed by atoms with Crippen LogP contribution in [-0.4, -0.2) is 11.1 Å². The molecule has 0 heterocycles. The molecule has 0 radical (unpaired) electrons. The number of allylic oxidation sites excluding steroid dienone is 1. The summed E-state index contributed by atoms with van der Waals surface area (Å²) in [6, 6.07) is 0. The third kappa shape index (κ3) is 7.84. The van der Waals surface area contributed by atoms with Gasteiger partial charge in [0.1, 0.15) is 0 Å². The lowest BCUT2D eigenvalue weighted by molar-refractivity contribution is -0.131. The number of carbonyl (C=O) groups is 1. The van der Waals surface area contributed by atoms with Crippen molar-refractivity contribution in [1.82, 2.24) is 0 Å². The molecular weight excluding hydrogens is 176 g/mol. The van der Waals surface area contributed by atoms with Crippen molar-refractivity contribution in [2.75, 3.05) is 0 Å². The molecule has 0 aromatic carbocycles. The highest BCUT2D eigenvalue weighted by Crippen LogP contribution is 2.13. The van der Waals surface area contributed by atoms with Gasteiger partial charge in [-0.25, -0.2) is 4.79 Å². The molecule has 0 aliphatic carbocycles. The van der Waals surface area contributed by atoms with Gasteiger partial charge in [0, 0.05) is 6.08 Å². The summed E-state index contributed by atoms with van der Waals surface area (Å²) in [5.74, 6) is -0.810. The minimum Gasteiger partial charge on any atom is -0.478 e. The number of carboxylic acid groups (broad SMARTS) is 1. The summed E-state index contributed by atoms with van der Waals surface area (Å²) in [5.41, 5.74) is 1.06. The Kier molecular flexibility index (Phi) is 8.30. The molecule has 1 N–H and O–H groups in total. The molecule has 0 fully saturated rings. The second-order valence-corrected chi connectivity index (χ2v) is 3.66. The van der Waals surface area contributed by atoms with Crippen molar-refractivity contribution in [3.05, 3.63) is 11.6 Å². The van der Waals surface area contributed by atoms with Crippen LogP contribution < -0.4 is 0 Å². The summed E-state index contributed by atoms with van der Waals surface area (Å²) in [6.45, 7) is 4.21. The highest BCUT2D eigenvalue weighted by molar-refractivity contribution is 5.80. The van der Waals surface area contributed by atoms with Crippen molar-refractivity contribution < 1.29 is 9.90 Å². The van der Waals surface area contributed by atoms with Crippen molar-refractivity contribution in [2.24, 2.45) is 0 Å². The lowest BCUT2D eigenvalue weighted by Gasteiger charge is -2.03. The van der Waals surface area contributed by atoms with Crippen molar-refractivity contribution >= 4 is 5.97 Å². The van der Waals surface area contributed by atoms with Crippen LogP contribution in [0, 0.1) is 0 Å². The third-order valence-corrected chi connectivity index (χ3v) is 2.38. The van der Waals surface area contributed by atoms with Crippen LogP contribution in [0.1, 0.15) is 58.8 Å². The van der Waals surface area contributed by atoms with Crippen molar-refractivity contribution in [3.8, 4) is 0 Å². The number of rotatable bonds is 8. The molecular formula is C12H22O2. The molecule has 0 aliphatic rings. The third-order valence-electron chi connectivity index (χ3n) is 2.38. The van der Waals surface area contributed by atoms with E-state index >= 15 is 0 Å². The Balaban J connectivity index is 3.58. The molecule has 82 valence electrons. The molecule has 0 saturated carbocycles. The van der Waals surface area contributed by atoms with E-state index in [-0.39, 0.29) is 0 Å². The Labute approximate surface area is 87.0 Å². The van der Waals surface area contributed by atoms with Crippen molar-refractivity contribution in [1.29, 1.82) is 0 Å². The molecule has 2 heteroatoms. The van der Waals surface area contributed by atoms with Crippen LogP contribution in [0.5, 0.6) is 0 Å². The van der Waals surface area contributed by atoms with E-state index in [1.807, 2.05) is 6.92 Å². The van der Waals surface area contributed by atoms with Gasteiger partial charge < -0.3 is 5.11 Å². The quantitative estimate of drug-likeness (QED) is 0.476. The Morgan fingerprint density at radius 1 is 1.14 bits per heavy atom. The number of hydrogen-bond acceptors (Lipinski definition) is 1. The maximum atomic E-state index is 10.4. The van der Waals surface area contributed by atoms with Gasteiger partial charge >= 0.3 is 5.97 Å². The Bertz CT molecular complexity index is 183. The molecule has 0 aliphatic heterocycles. The highest BCUT2D eigenvalue weighted by Gasteiger charge is 1.98. The molecule has 0 saturated heterocycles. The summed E-state index contributed by atoms with van der Waals surface area (Å²) < 4.78 is 0. The summed E-state index contributed by atoms with van der Waals surface area (Å²) in [7, 11) is 0. The van der Waals surface area contributed by atoms with Gasteiger partial charge in [-0.05, 0) is 19.3 Å². The van der Waals surface area contributed by atoms with Gasteiger partial charge in [0.05, 0.1) is 0 Å². The molecule has 0 amide bonds. The van der Waals surface area contributed by atoms with E-state index in [2.05, 4.69) is 6.92 Å². The number of aliphatic carboxylic acids is 1. The average molecular weight is 198 g/mol. The van der Waals surface area contributed by atoms with E-state index in [9.17, 15) is 4.79 Å². The van der Waals surface area contributed by atoms with E-state index < -0.39 is 5.97 Å². The monoisotopic (exact) mass is 198 g/mol. The Hall–Kier alpha value is -0.790. The van der Waals surface area contributed by atoms with Gasteiger partial charge in [0.25, 0.3) is 0 Å². The maximum absolute atomic E-state index is 10.4. The number of hydrogen-bond donors (Lipinski definition) is 1. The van der Waals surface area contributed by atoms with Gasteiger partial charge in [-0.2, -0.15) is 0 Å². The zero-order valence-corrected chi connectivity index (χ0v) is 9.38. The summed E-state index contributed by atoms with van der Waals surface area (Å²) >= 11 is 0. The predicted molar refractivity (Wildman–Crippen MR) is 59.4 cm³/mol. The summed E-state index contributed by atoms with van der Waals surface area (Å²) in [6.07, 6.45) is 9.36. The largest absolute Gasteiger partial charge is 0.478 e. The lowest BCUT2D eigenvalue weighted by Crippen LogP contribution is -1.92. The molecule has 14 heavy (non-hydrogen) atoms. The number of carboxylic acids is 1. The average Bonchev–Trinajstić information content (AvgIpc) is 2.15. The van der Waals surface area contributed by atoms with Crippen molar-refractivity contribution in [3.63, 3.8) is 0 Å². The summed E-state index contributed by atoms with van der Waals surface area (Å²) in [4.78, 5) is 10.4. The second kappa shape index (κ2) is 8.79. The molecule has 0 unspecified atom stereocenters. The zero-order chi connectivity index (χ0) is 10.8. The predicted octanol–water partition coefficient (Wildman–Crippen LogP) is 3.77. The molecule has 0 spiro atoms. The van der Waals surface area contributed by atoms with Crippen LogP contribution in [0.15, 0.2) is 11.6 Å².